The number of nitrogens with zero attached hydrogens (tertiary/aromatic N) is 2. The number of aliphatic hydroxyl groups is 1. The van der Waals surface area contributed by atoms with Gasteiger partial charge < -0.3 is 24.2 Å². The molecule has 2 N–H and O–H groups in total. The van der Waals surface area contributed by atoms with Crippen LogP contribution in [0.5, 0.6) is 17.2 Å². The van der Waals surface area contributed by atoms with E-state index in [0.717, 1.165) is 4.57 Å². The molecule has 0 saturated carbocycles. The van der Waals surface area contributed by atoms with Gasteiger partial charge in [-0.15, -0.1) is 0 Å². The Hall–Kier alpha value is -3.96. The molecule has 1 amide bonds. The van der Waals surface area contributed by atoms with Gasteiger partial charge in [-0.2, -0.15) is 0 Å². The van der Waals surface area contributed by atoms with Crippen LogP contribution in [-0.4, -0.2) is 64.5 Å². The number of likely N-dealkylation sites (N-methyl/N-ethyl adjacent to an activating group) is 1. The highest BCUT2D eigenvalue weighted by atomic mass is 19.1. The summed E-state index contributed by atoms with van der Waals surface area (Å²) >= 11 is 0. The number of carbonyl (C=O) groups excluding carboxylic acids is 1. The zero-order chi connectivity index (χ0) is 27.1. The molecule has 1 aromatic heterocycles. The minimum atomic E-state index is -1.95. The Morgan fingerprint density at radius 1 is 1.18 bits per heavy atom. The quantitative estimate of drug-likeness (QED) is 0.505. The van der Waals surface area contributed by atoms with Crippen molar-refractivity contribution in [3.05, 3.63) is 86.2 Å². The number of hydrogen-bond acceptors (Lipinski definition) is 7. The number of methoxy groups -OCH3 is 1. The van der Waals surface area contributed by atoms with E-state index in [1.54, 1.807) is 43.3 Å². The van der Waals surface area contributed by atoms with Crippen molar-refractivity contribution in [1.29, 1.82) is 0 Å². The number of rotatable bonds is 6. The number of benzene rings is 2. The molecule has 200 valence electrons. The molecular weight excluding hydrogens is 497 g/mol. The maximum absolute atomic E-state index is 15.2. The number of halogens is 1. The Bertz CT molecular complexity index is 1490. The molecule has 2 aromatic carbocycles. The van der Waals surface area contributed by atoms with Crippen molar-refractivity contribution in [1.82, 2.24) is 14.5 Å². The lowest BCUT2D eigenvalue weighted by Crippen LogP contribution is -2.42. The van der Waals surface area contributed by atoms with Crippen LogP contribution in [0.15, 0.2) is 58.3 Å². The van der Waals surface area contributed by atoms with Crippen LogP contribution in [0.2, 0.25) is 0 Å². The van der Waals surface area contributed by atoms with E-state index >= 15 is 4.39 Å². The molecule has 0 radical (unpaired) electrons. The van der Waals surface area contributed by atoms with E-state index < -0.39 is 41.8 Å². The molecule has 0 spiro atoms. The first-order valence-corrected chi connectivity index (χ1v) is 12.3. The molecule has 1 saturated heterocycles. The van der Waals surface area contributed by atoms with Crippen LogP contribution in [0, 0.1) is 0 Å². The van der Waals surface area contributed by atoms with E-state index in [4.69, 9.17) is 14.2 Å². The predicted octanol–water partition coefficient (Wildman–Crippen LogP) is 2.10. The lowest BCUT2D eigenvalue weighted by molar-refractivity contribution is -0.133. The lowest BCUT2D eigenvalue weighted by atomic mass is 9.86. The summed E-state index contributed by atoms with van der Waals surface area (Å²) in [5, 5.41) is 10.6. The van der Waals surface area contributed by atoms with Crippen LogP contribution in [0.3, 0.4) is 0 Å². The zero-order valence-electron chi connectivity index (χ0n) is 21.1. The molecule has 0 aliphatic carbocycles. The fourth-order valence-corrected chi connectivity index (χ4v) is 5.01. The van der Waals surface area contributed by atoms with Crippen LogP contribution in [-0.2, 0) is 16.0 Å². The third kappa shape index (κ3) is 4.27. The average molecular weight is 526 g/mol. The van der Waals surface area contributed by atoms with Gasteiger partial charge in [0.2, 0.25) is 5.91 Å². The molecule has 3 aromatic rings. The minimum absolute atomic E-state index is 0.144. The molecule has 1 unspecified atom stereocenters. The van der Waals surface area contributed by atoms with Crippen molar-refractivity contribution in [2.45, 2.75) is 43.9 Å². The Labute approximate surface area is 217 Å². The number of H-pyrrole nitrogens is 1. The first-order valence-electron chi connectivity index (χ1n) is 12.3. The summed E-state index contributed by atoms with van der Waals surface area (Å²) in [4.78, 5) is 41.6. The van der Waals surface area contributed by atoms with Gasteiger partial charge >= 0.3 is 5.69 Å². The third-order valence-corrected chi connectivity index (χ3v) is 7.05. The van der Waals surface area contributed by atoms with Gasteiger partial charge in [-0.05, 0) is 18.6 Å². The number of fused-ring (bicyclic) bond motifs is 2. The van der Waals surface area contributed by atoms with Crippen LogP contribution in [0.25, 0.3) is 0 Å². The number of aromatic nitrogens is 2. The largest absolute Gasteiger partial charge is 0.493 e. The number of para-hydroxylation sites is 2. The standard InChI is InChI=1S/C27H28FN3O7/c1-4-14-12-31(27(35)29-24(14)33)26-21(28)22(32)19(38-26)13-30(2)25(34)20-15-8-5-6-10-17(15)37-23-16(20)9-7-11-18(23)36-3/h5-12,19-22,26,32H,4,13H2,1-3H3,(H,29,33,35)/t19-,20?,21+,22-,26-/m1/s1. The number of aryl methyl sites for hydroxylation is 1. The number of ether oxygens (including phenoxy) is 3. The second-order valence-corrected chi connectivity index (χ2v) is 9.34. The molecular formula is C27H28FN3O7. The van der Waals surface area contributed by atoms with Gasteiger partial charge in [0.1, 0.15) is 18.0 Å². The summed E-state index contributed by atoms with van der Waals surface area (Å²) < 4.78 is 33.3. The summed E-state index contributed by atoms with van der Waals surface area (Å²) in [6.07, 6.45) is -4.57. The molecule has 2 aliphatic heterocycles. The smallest absolute Gasteiger partial charge is 0.330 e. The minimum Gasteiger partial charge on any atom is -0.493 e. The van der Waals surface area contributed by atoms with E-state index in [1.807, 2.05) is 6.07 Å². The fraction of sp³-hybridized carbons (Fsp3) is 0.370. The molecule has 1 fully saturated rings. The van der Waals surface area contributed by atoms with Gasteiger partial charge in [0.05, 0.1) is 13.0 Å². The summed E-state index contributed by atoms with van der Waals surface area (Å²) in [5.74, 6) is 0.374. The molecule has 11 heteroatoms. The Balaban J connectivity index is 1.42. The third-order valence-electron chi connectivity index (χ3n) is 7.05. The average Bonchev–Trinajstić information content (AvgIpc) is 3.19. The van der Waals surface area contributed by atoms with Crippen LogP contribution >= 0.6 is 0 Å². The second kappa shape index (κ2) is 10.1. The van der Waals surface area contributed by atoms with E-state index in [0.29, 0.717) is 34.8 Å². The topological polar surface area (TPSA) is 123 Å². The fourth-order valence-electron chi connectivity index (χ4n) is 5.01. The van der Waals surface area contributed by atoms with Crippen LogP contribution in [0.4, 0.5) is 4.39 Å². The van der Waals surface area contributed by atoms with Crippen molar-refractivity contribution >= 4 is 5.91 Å². The SMILES string of the molecule is CCc1cn([C@@H]2O[C@H](CN(C)C(=O)C3c4ccccc4Oc4c(OC)cccc43)[C@@H](O)[C@@H]2F)c(=O)[nH]c1=O. The van der Waals surface area contributed by atoms with Crippen molar-refractivity contribution < 1.29 is 28.5 Å². The highest BCUT2D eigenvalue weighted by molar-refractivity contribution is 5.90. The van der Waals surface area contributed by atoms with Gasteiger partial charge in [-0.3, -0.25) is 19.1 Å². The second-order valence-electron chi connectivity index (χ2n) is 9.34. The molecule has 5 atom stereocenters. The predicted molar refractivity (Wildman–Crippen MR) is 135 cm³/mol. The van der Waals surface area contributed by atoms with Crippen molar-refractivity contribution in [2.24, 2.45) is 0 Å². The first-order chi connectivity index (χ1) is 18.2. The van der Waals surface area contributed by atoms with Gasteiger partial charge in [0.25, 0.3) is 5.56 Å². The number of aromatic amines is 1. The Morgan fingerprint density at radius 3 is 2.66 bits per heavy atom. The molecule has 0 bridgehead atoms. The zero-order valence-corrected chi connectivity index (χ0v) is 21.1. The van der Waals surface area contributed by atoms with E-state index in [-0.39, 0.29) is 18.0 Å². The van der Waals surface area contributed by atoms with Gasteiger partial charge in [-0.1, -0.05) is 37.3 Å². The lowest BCUT2D eigenvalue weighted by Gasteiger charge is -2.32. The summed E-state index contributed by atoms with van der Waals surface area (Å²) in [7, 11) is 3.06. The summed E-state index contributed by atoms with van der Waals surface area (Å²) in [6.45, 7) is 1.58. The summed E-state index contributed by atoms with van der Waals surface area (Å²) in [6, 6.07) is 12.5. The molecule has 10 nitrogen and oxygen atoms in total. The maximum atomic E-state index is 15.2. The van der Waals surface area contributed by atoms with E-state index in [9.17, 15) is 19.5 Å². The van der Waals surface area contributed by atoms with E-state index in [2.05, 4.69) is 4.98 Å². The Kier molecular flexibility index (Phi) is 6.80. The number of alkyl halides is 1. The maximum Gasteiger partial charge on any atom is 0.330 e. The number of aliphatic hydroxyl groups excluding tert-OH is 1. The van der Waals surface area contributed by atoms with Crippen LogP contribution < -0.4 is 20.7 Å². The Morgan fingerprint density at radius 2 is 1.92 bits per heavy atom. The van der Waals surface area contributed by atoms with Crippen LogP contribution in [0.1, 0.15) is 35.8 Å². The van der Waals surface area contributed by atoms with Gasteiger partial charge in [0, 0.05) is 36.5 Å². The molecule has 3 heterocycles. The van der Waals surface area contributed by atoms with Crippen molar-refractivity contribution in [2.75, 3.05) is 20.7 Å². The molecule has 38 heavy (non-hydrogen) atoms. The number of hydrogen-bond donors (Lipinski definition) is 2. The van der Waals surface area contributed by atoms with Gasteiger partial charge in [0.15, 0.2) is 23.9 Å². The molecule has 2 aliphatic rings. The van der Waals surface area contributed by atoms with Crippen molar-refractivity contribution in [3.8, 4) is 17.2 Å². The highest BCUT2D eigenvalue weighted by Crippen LogP contribution is 2.48. The first kappa shape index (κ1) is 25.7. The molecule has 5 rings (SSSR count). The van der Waals surface area contributed by atoms with Gasteiger partial charge in [-0.25, -0.2) is 9.18 Å². The monoisotopic (exact) mass is 525 g/mol. The summed E-state index contributed by atoms with van der Waals surface area (Å²) in [5.41, 5.74) is 0.143. The number of nitrogens with one attached hydrogen (secondary N) is 1. The highest BCUT2D eigenvalue weighted by Gasteiger charge is 2.47. The van der Waals surface area contributed by atoms with Crippen molar-refractivity contribution in [3.63, 3.8) is 0 Å². The normalized spacial score (nSPS) is 23.8. The van der Waals surface area contributed by atoms with E-state index in [1.165, 1.54) is 25.3 Å². The number of amides is 1. The number of carbonyl (C=O) groups is 1.